The molecule has 0 N–H and O–H groups in total. The molecule has 0 aliphatic heterocycles. The van der Waals surface area contributed by atoms with Crippen LogP contribution in [-0.2, 0) is 6.42 Å². The van der Waals surface area contributed by atoms with Gasteiger partial charge in [0.25, 0.3) is 0 Å². The summed E-state index contributed by atoms with van der Waals surface area (Å²) in [7, 11) is 1.61. The summed E-state index contributed by atoms with van der Waals surface area (Å²) in [5, 5.41) is 3.49. The van der Waals surface area contributed by atoms with Gasteiger partial charge in [-0.15, -0.1) is 0 Å². The number of benzene rings is 1. The highest BCUT2D eigenvalue weighted by atomic mass is 16.5. The highest BCUT2D eigenvalue weighted by molar-refractivity contribution is 5.43. The molecule has 0 bridgehead atoms. The topological polar surface area (TPSA) is 67.2 Å². The molecule has 0 atom stereocenters. The van der Waals surface area contributed by atoms with Gasteiger partial charge >= 0.3 is 0 Å². The first-order chi connectivity index (χ1) is 7.81. The van der Waals surface area contributed by atoms with E-state index in [-0.39, 0.29) is 0 Å². The van der Waals surface area contributed by atoms with Gasteiger partial charge in [0.1, 0.15) is 0 Å². The zero-order chi connectivity index (χ0) is 11.8. The molecule has 0 saturated carbocycles. The van der Waals surface area contributed by atoms with E-state index in [9.17, 15) is 0 Å². The van der Waals surface area contributed by atoms with E-state index in [1.165, 1.54) is 0 Å². The van der Waals surface area contributed by atoms with Crippen LogP contribution < -0.4 is 9.47 Å². The maximum absolute atomic E-state index is 8.18. The zero-order valence-electron chi connectivity index (χ0n) is 9.51. The smallest absolute Gasteiger partial charge is 0.161 e. The maximum atomic E-state index is 8.18. The lowest BCUT2D eigenvalue weighted by molar-refractivity contribution is 0.310. The second-order valence-corrected chi connectivity index (χ2v) is 3.12. The lowest BCUT2D eigenvalue weighted by Gasteiger charge is -2.10. The van der Waals surface area contributed by atoms with Crippen molar-refractivity contribution in [1.29, 1.82) is 0 Å². The number of hydrogen-bond acceptors (Lipinski definition) is 3. The van der Waals surface area contributed by atoms with Crippen LogP contribution >= 0.6 is 0 Å². The number of hydrogen-bond donors (Lipinski definition) is 0. The van der Waals surface area contributed by atoms with Gasteiger partial charge in [0, 0.05) is 11.5 Å². The van der Waals surface area contributed by atoms with Crippen molar-refractivity contribution in [3.63, 3.8) is 0 Å². The van der Waals surface area contributed by atoms with Crippen LogP contribution in [-0.4, -0.2) is 20.3 Å². The molecule has 0 heterocycles. The summed E-state index contributed by atoms with van der Waals surface area (Å²) in [6.45, 7) is 2.97. The minimum Gasteiger partial charge on any atom is -0.493 e. The molecular formula is C11H15N3O2. The van der Waals surface area contributed by atoms with Crippen LogP contribution in [0, 0.1) is 0 Å². The van der Waals surface area contributed by atoms with E-state index in [0.717, 1.165) is 17.1 Å². The van der Waals surface area contributed by atoms with Crippen LogP contribution in [0.15, 0.2) is 23.3 Å². The van der Waals surface area contributed by atoms with Crippen LogP contribution in [0.25, 0.3) is 10.4 Å². The zero-order valence-corrected chi connectivity index (χ0v) is 9.51. The third kappa shape index (κ3) is 3.37. The Labute approximate surface area is 94.6 Å². The molecule has 5 heteroatoms. The summed E-state index contributed by atoms with van der Waals surface area (Å²) in [4.78, 5) is 2.71. The lowest BCUT2D eigenvalue weighted by Crippen LogP contribution is -1.97. The Morgan fingerprint density at radius 3 is 2.81 bits per heavy atom. The van der Waals surface area contributed by atoms with Crippen LogP contribution in [0.5, 0.6) is 11.5 Å². The van der Waals surface area contributed by atoms with Gasteiger partial charge in [0.05, 0.1) is 13.7 Å². The van der Waals surface area contributed by atoms with Crippen molar-refractivity contribution >= 4 is 0 Å². The minimum absolute atomic E-state index is 0.453. The van der Waals surface area contributed by atoms with E-state index in [1.807, 2.05) is 25.1 Å². The average molecular weight is 221 g/mol. The fourth-order valence-corrected chi connectivity index (χ4v) is 1.37. The predicted molar refractivity (Wildman–Crippen MR) is 61.9 cm³/mol. The van der Waals surface area contributed by atoms with Crippen LogP contribution in [0.4, 0.5) is 0 Å². The van der Waals surface area contributed by atoms with E-state index in [1.54, 1.807) is 7.11 Å². The molecule has 0 radical (unpaired) electrons. The Morgan fingerprint density at radius 1 is 1.38 bits per heavy atom. The van der Waals surface area contributed by atoms with Gasteiger partial charge in [-0.2, -0.15) is 0 Å². The molecule has 1 rings (SSSR count). The molecule has 1 aromatic carbocycles. The summed E-state index contributed by atoms with van der Waals surface area (Å²) in [5.41, 5.74) is 9.25. The first-order valence-corrected chi connectivity index (χ1v) is 5.12. The van der Waals surface area contributed by atoms with Crippen molar-refractivity contribution in [2.45, 2.75) is 13.3 Å². The van der Waals surface area contributed by atoms with Crippen LogP contribution in [0.1, 0.15) is 12.5 Å². The van der Waals surface area contributed by atoms with Crippen LogP contribution in [0.2, 0.25) is 0 Å². The van der Waals surface area contributed by atoms with Gasteiger partial charge < -0.3 is 9.47 Å². The third-order valence-electron chi connectivity index (χ3n) is 2.09. The van der Waals surface area contributed by atoms with E-state index >= 15 is 0 Å². The predicted octanol–water partition coefficient (Wildman–Crippen LogP) is 2.95. The van der Waals surface area contributed by atoms with Crippen molar-refractivity contribution in [1.82, 2.24) is 0 Å². The van der Waals surface area contributed by atoms with E-state index in [2.05, 4.69) is 10.0 Å². The molecule has 0 fully saturated rings. The normalized spacial score (nSPS) is 9.38. The van der Waals surface area contributed by atoms with Crippen molar-refractivity contribution in [2.75, 3.05) is 20.3 Å². The molecule has 0 aromatic heterocycles. The Balaban J connectivity index is 2.79. The molecule has 86 valence electrons. The van der Waals surface area contributed by atoms with Crippen molar-refractivity contribution in [3.8, 4) is 11.5 Å². The molecule has 0 aliphatic carbocycles. The summed E-state index contributed by atoms with van der Waals surface area (Å²) in [5.74, 6) is 1.44. The second kappa shape index (κ2) is 6.58. The SMILES string of the molecule is CCOc1cc(CCN=[N+]=[N-])ccc1OC. The van der Waals surface area contributed by atoms with Gasteiger partial charge in [-0.05, 0) is 36.6 Å². The molecule has 16 heavy (non-hydrogen) atoms. The van der Waals surface area contributed by atoms with Crippen LogP contribution in [0.3, 0.4) is 0 Å². The molecule has 0 spiro atoms. The van der Waals surface area contributed by atoms with Gasteiger partial charge in [-0.3, -0.25) is 0 Å². The second-order valence-electron chi connectivity index (χ2n) is 3.12. The van der Waals surface area contributed by atoms with E-state index in [4.69, 9.17) is 15.0 Å². The summed E-state index contributed by atoms with van der Waals surface area (Å²) in [6.07, 6.45) is 0.703. The van der Waals surface area contributed by atoms with Crippen molar-refractivity contribution < 1.29 is 9.47 Å². The molecular weight excluding hydrogens is 206 g/mol. The highest BCUT2D eigenvalue weighted by Crippen LogP contribution is 2.28. The summed E-state index contributed by atoms with van der Waals surface area (Å²) < 4.78 is 10.6. The Kier molecular flexibility index (Phi) is 5.02. The fraction of sp³-hybridized carbons (Fsp3) is 0.455. The van der Waals surface area contributed by atoms with E-state index in [0.29, 0.717) is 19.6 Å². The number of ether oxygens (including phenoxy) is 2. The maximum Gasteiger partial charge on any atom is 0.161 e. The minimum atomic E-state index is 0.453. The average Bonchev–Trinajstić information content (AvgIpc) is 2.30. The monoisotopic (exact) mass is 221 g/mol. The first kappa shape index (κ1) is 12.2. The number of nitrogens with zero attached hydrogens (tertiary/aromatic N) is 3. The third-order valence-corrected chi connectivity index (χ3v) is 2.09. The quantitative estimate of drug-likeness (QED) is 0.421. The summed E-state index contributed by atoms with van der Waals surface area (Å²) >= 11 is 0. The highest BCUT2D eigenvalue weighted by Gasteiger charge is 2.04. The summed E-state index contributed by atoms with van der Waals surface area (Å²) in [6, 6.07) is 5.71. The molecule has 5 nitrogen and oxygen atoms in total. The first-order valence-electron chi connectivity index (χ1n) is 5.12. The van der Waals surface area contributed by atoms with Crippen molar-refractivity contribution in [2.24, 2.45) is 5.11 Å². The number of methoxy groups -OCH3 is 1. The van der Waals surface area contributed by atoms with Gasteiger partial charge in [-0.25, -0.2) is 0 Å². The Bertz CT molecular complexity index is 387. The van der Waals surface area contributed by atoms with Crippen molar-refractivity contribution in [3.05, 3.63) is 34.2 Å². The molecule has 0 saturated heterocycles. The number of rotatable bonds is 6. The standard InChI is InChI=1S/C11H15N3O2/c1-3-16-11-8-9(6-7-13-14-12)4-5-10(11)15-2/h4-5,8H,3,6-7H2,1-2H3. The Morgan fingerprint density at radius 2 is 2.19 bits per heavy atom. The molecule has 1 aromatic rings. The number of azide groups is 1. The molecule has 0 unspecified atom stereocenters. The lowest BCUT2D eigenvalue weighted by atomic mass is 10.1. The van der Waals surface area contributed by atoms with Gasteiger partial charge in [-0.1, -0.05) is 11.2 Å². The Hall–Kier alpha value is -1.87. The van der Waals surface area contributed by atoms with Gasteiger partial charge in [0.2, 0.25) is 0 Å². The largest absolute Gasteiger partial charge is 0.493 e. The fourth-order valence-electron chi connectivity index (χ4n) is 1.37. The van der Waals surface area contributed by atoms with Gasteiger partial charge in [0.15, 0.2) is 11.5 Å². The molecule has 0 amide bonds. The van der Waals surface area contributed by atoms with E-state index < -0.39 is 0 Å². The molecule has 0 aliphatic rings.